The molecule has 0 saturated carbocycles. The molecule has 2 rings (SSSR count). The Morgan fingerprint density at radius 3 is 2.89 bits per heavy atom. The predicted molar refractivity (Wildman–Crippen MR) is 79.6 cm³/mol. The van der Waals surface area contributed by atoms with E-state index in [0.717, 1.165) is 31.7 Å². The average molecular weight is 286 g/mol. The Hall–Kier alpha value is -0.260. The van der Waals surface area contributed by atoms with E-state index >= 15 is 0 Å². The van der Waals surface area contributed by atoms with Crippen LogP contribution in [0, 0.1) is 0 Å². The maximum atomic E-state index is 12.0. The van der Waals surface area contributed by atoms with E-state index in [-0.39, 0.29) is 11.9 Å². The Kier molecular flexibility index (Phi) is 5.98. The fraction of sp³-hybridized carbons (Fsp3) is 0.929. The second kappa shape index (κ2) is 7.50. The van der Waals surface area contributed by atoms with Crippen LogP contribution < -0.4 is 5.32 Å². The molecule has 4 nitrogen and oxygen atoms in total. The molecular weight excluding hydrogens is 260 g/mol. The summed E-state index contributed by atoms with van der Waals surface area (Å²) in [7, 11) is 0. The molecule has 0 aliphatic carbocycles. The van der Waals surface area contributed by atoms with Gasteiger partial charge in [-0.3, -0.25) is 9.69 Å². The van der Waals surface area contributed by atoms with Crippen molar-refractivity contribution in [3.05, 3.63) is 0 Å². The third kappa shape index (κ3) is 4.97. The van der Waals surface area contributed by atoms with Crippen LogP contribution in [0.4, 0.5) is 0 Å². The molecule has 0 aromatic rings. The largest absolute Gasteiger partial charge is 0.377 e. The summed E-state index contributed by atoms with van der Waals surface area (Å²) < 4.78 is 5.73. The van der Waals surface area contributed by atoms with Crippen LogP contribution in [0.2, 0.25) is 0 Å². The number of nitrogens with zero attached hydrogens (tertiary/aromatic N) is 1. The molecule has 1 N–H and O–H groups in total. The Balaban J connectivity index is 1.86. The van der Waals surface area contributed by atoms with Gasteiger partial charge in [-0.2, -0.15) is 11.8 Å². The summed E-state index contributed by atoms with van der Waals surface area (Å²) in [6.07, 6.45) is 3.84. The lowest BCUT2D eigenvalue weighted by atomic mass is 10.1. The first-order valence-corrected chi connectivity index (χ1v) is 8.53. The summed E-state index contributed by atoms with van der Waals surface area (Å²) in [5.74, 6) is 2.52. The van der Waals surface area contributed by atoms with Crippen molar-refractivity contribution in [3.8, 4) is 0 Å². The minimum absolute atomic E-state index is 0.143. The highest BCUT2D eigenvalue weighted by Crippen LogP contribution is 2.24. The number of hydrogen-bond acceptors (Lipinski definition) is 4. The third-order valence-corrected chi connectivity index (χ3v) is 4.83. The molecule has 0 unspecified atom stereocenters. The molecular formula is C14H26N2O2S. The zero-order chi connectivity index (χ0) is 13.7. The molecule has 2 saturated heterocycles. The molecule has 0 spiro atoms. The van der Waals surface area contributed by atoms with E-state index in [2.05, 4.69) is 10.2 Å². The van der Waals surface area contributed by atoms with Crippen LogP contribution in [0.3, 0.4) is 0 Å². The highest BCUT2D eigenvalue weighted by molar-refractivity contribution is 7.99. The monoisotopic (exact) mass is 286 g/mol. The van der Waals surface area contributed by atoms with E-state index in [1.165, 1.54) is 12.2 Å². The van der Waals surface area contributed by atoms with Crippen LogP contribution in [0.1, 0.15) is 33.1 Å². The average Bonchev–Trinajstić information content (AvgIpc) is 2.99. The SMILES string of the molecule is CC(C)NC(=O)CN(C[C@@H]1CCCO1)[C@H]1CCSC1. The molecule has 0 aromatic heterocycles. The van der Waals surface area contributed by atoms with Gasteiger partial charge in [-0.25, -0.2) is 0 Å². The molecule has 0 aromatic carbocycles. The first-order valence-electron chi connectivity index (χ1n) is 7.38. The maximum absolute atomic E-state index is 12.0. The van der Waals surface area contributed by atoms with Gasteiger partial charge in [0.25, 0.3) is 0 Å². The number of nitrogens with one attached hydrogen (secondary N) is 1. The van der Waals surface area contributed by atoms with Crippen molar-refractivity contribution >= 4 is 17.7 Å². The lowest BCUT2D eigenvalue weighted by Crippen LogP contribution is -2.47. The predicted octanol–water partition coefficient (Wildman–Crippen LogP) is 1.50. The van der Waals surface area contributed by atoms with Crippen molar-refractivity contribution in [3.63, 3.8) is 0 Å². The van der Waals surface area contributed by atoms with Gasteiger partial charge in [0.15, 0.2) is 0 Å². The number of thioether (sulfide) groups is 1. The van der Waals surface area contributed by atoms with E-state index in [1.54, 1.807) is 0 Å². The van der Waals surface area contributed by atoms with Gasteiger partial charge in [0.05, 0.1) is 12.6 Å². The molecule has 2 atom stereocenters. The van der Waals surface area contributed by atoms with Gasteiger partial charge in [0.2, 0.25) is 5.91 Å². The van der Waals surface area contributed by atoms with Crippen molar-refractivity contribution in [2.75, 3.05) is 31.2 Å². The molecule has 5 heteroatoms. The van der Waals surface area contributed by atoms with Crippen molar-refractivity contribution in [2.45, 2.75) is 51.3 Å². The zero-order valence-corrected chi connectivity index (χ0v) is 12.9. The first-order chi connectivity index (χ1) is 9.15. The topological polar surface area (TPSA) is 41.6 Å². The van der Waals surface area contributed by atoms with E-state index in [1.807, 2.05) is 25.6 Å². The summed E-state index contributed by atoms with van der Waals surface area (Å²) in [5, 5.41) is 2.99. The highest BCUT2D eigenvalue weighted by atomic mass is 32.2. The maximum Gasteiger partial charge on any atom is 0.234 e. The summed E-state index contributed by atoms with van der Waals surface area (Å²) in [6, 6.07) is 0.766. The standard InChI is InChI=1S/C14H26N2O2S/c1-11(2)15-14(17)9-16(12-5-7-19-10-12)8-13-4-3-6-18-13/h11-13H,3-10H2,1-2H3,(H,15,17)/t12-,13-/m0/s1. The molecule has 2 aliphatic heterocycles. The second-order valence-electron chi connectivity index (χ2n) is 5.80. The van der Waals surface area contributed by atoms with Crippen LogP contribution in [-0.2, 0) is 9.53 Å². The molecule has 2 aliphatic rings. The van der Waals surface area contributed by atoms with Crippen LogP contribution in [0.5, 0.6) is 0 Å². The number of hydrogen-bond donors (Lipinski definition) is 1. The summed E-state index contributed by atoms with van der Waals surface area (Å²) in [5.41, 5.74) is 0. The number of carbonyl (C=O) groups is 1. The Morgan fingerprint density at radius 2 is 2.32 bits per heavy atom. The lowest BCUT2D eigenvalue weighted by Gasteiger charge is -2.30. The van der Waals surface area contributed by atoms with Crippen molar-refractivity contribution in [2.24, 2.45) is 0 Å². The van der Waals surface area contributed by atoms with Gasteiger partial charge in [0, 0.05) is 31.0 Å². The normalized spacial score (nSPS) is 27.4. The Labute approximate surface area is 120 Å². The fourth-order valence-electron chi connectivity index (χ4n) is 2.75. The summed E-state index contributed by atoms with van der Waals surface area (Å²) >= 11 is 2.00. The molecule has 0 bridgehead atoms. The van der Waals surface area contributed by atoms with Crippen molar-refractivity contribution < 1.29 is 9.53 Å². The molecule has 2 heterocycles. The number of amides is 1. The molecule has 19 heavy (non-hydrogen) atoms. The number of rotatable bonds is 6. The second-order valence-corrected chi connectivity index (χ2v) is 6.95. The van der Waals surface area contributed by atoms with Crippen LogP contribution >= 0.6 is 11.8 Å². The summed E-state index contributed by atoms with van der Waals surface area (Å²) in [6.45, 7) is 6.33. The quantitative estimate of drug-likeness (QED) is 0.803. The van der Waals surface area contributed by atoms with Crippen molar-refractivity contribution in [1.29, 1.82) is 0 Å². The number of ether oxygens (including phenoxy) is 1. The molecule has 1 amide bonds. The number of carbonyl (C=O) groups excluding carboxylic acids is 1. The minimum atomic E-state index is 0.143. The van der Waals surface area contributed by atoms with Gasteiger partial charge >= 0.3 is 0 Å². The van der Waals surface area contributed by atoms with E-state index < -0.39 is 0 Å². The van der Waals surface area contributed by atoms with Gasteiger partial charge < -0.3 is 10.1 Å². The van der Waals surface area contributed by atoms with Gasteiger partial charge in [-0.15, -0.1) is 0 Å². The Morgan fingerprint density at radius 1 is 1.47 bits per heavy atom. The highest BCUT2D eigenvalue weighted by Gasteiger charge is 2.28. The fourth-order valence-corrected chi connectivity index (χ4v) is 4.01. The smallest absolute Gasteiger partial charge is 0.234 e. The van der Waals surface area contributed by atoms with Gasteiger partial charge in [-0.1, -0.05) is 0 Å². The lowest BCUT2D eigenvalue weighted by molar-refractivity contribution is -0.123. The Bertz CT molecular complexity index is 287. The molecule has 110 valence electrons. The zero-order valence-electron chi connectivity index (χ0n) is 12.1. The van der Waals surface area contributed by atoms with Crippen LogP contribution in [0.25, 0.3) is 0 Å². The first kappa shape index (κ1) is 15.1. The van der Waals surface area contributed by atoms with Crippen LogP contribution in [0.15, 0.2) is 0 Å². The van der Waals surface area contributed by atoms with Gasteiger partial charge in [0.1, 0.15) is 0 Å². The molecule has 2 fully saturated rings. The van der Waals surface area contributed by atoms with Gasteiger partial charge in [-0.05, 0) is 38.9 Å². The van der Waals surface area contributed by atoms with E-state index in [0.29, 0.717) is 18.7 Å². The van der Waals surface area contributed by atoms with E-state index in [4.69, 9.17) is 4.74 Å². The van der Waals surface area contributed by atoms with E-state index in [9.17, 15) is 4.79 Å². The minimum Gasteiger partial charge on any atom is -0.377 e. The van der Waals surface area contributed by atoms with Crippen molar-refractivity contribution in [1.82, 2.24) is 10.2 Å². The van der Waals surface area contributed by atoms with Crippen LogP contribution in [-0.4, -0.2) is 60.2 Å². The summed E-state index contributed by atoms with van der Waals surface area (Å²) in [4.78, 5) is 14.3. The third-order valence-electron chi connectivity index (χ3n) is 3.68. The molecule has 0 radical (unpaired) electrons.